The molecule has 24 heavy (non-hydrogen) atoms. The molecular formula is C22H16N2. The number of nitrogens with zero attached hydrogens (tertiary/aromatic N) is 2. The Morgan fingerprint density at radius 3 is 2.46 bits per heavy atom. The van der Waals surface area contributed by atoms with Crippen LogP contribution < -0.4 is 0 Å². The van der Waals surface area contributed by atoms with E-state index in [1.165, 1.54) is 27.6 Å². The molecule has 0 saturated carbocycles. The van der Waals surface area contributed by atoms with Crippen molar-refractivity contribution in [3.8, 4) is 11.3 Å². The molecule has 5 rings (SSSR count). The van der Waals surface area contributed by atoms with Crippen LogP contribution >= 0.6 is 0 Å². The van der Waals surface area contributed by atoms with E-state index in [4.69, 9.17) is 4.98 Å². The average Bonchev–Trinajstić information content (AvgIpc) is 3.01. The average molecular weight is 308 g/mol. The van der Waals surface area contributed by atoms with Gasteiger partial charge in [-0.1, -0.05) is 66.2 Å². The van der Waals surface area contributed by atoms with Crippen LogP contribution in [0.25, 0.3) is 38.7 Å². The minimum Gasteiger partial charge on any atom is -0.292 e. The van der Waals surface area contributed by atoms with Gasteiger partial charge in [0.25, 0.3) is 0 Å². The molecule has 0 radical (unpaired) electrons. The van der Waals surface area contributed by atoms with Crippen molar-refractivity contribution in [2.24, 2.45) is 0 Å². The maximum Gasteiger partial charge on any atom is 0.146 e. The van der Waals surface area contributed by atoms with Crippen molar-refractivity contribution < 1.29 is 0 Å². The maximum absolute atomic E-state index is 4.92. The number of para-hydroxylation sites is 2. The summed E-state index contributed by atoms with van der Waals surface area (Å²) in [6, 6.07) is 27.7. The first-order valence-corrected chi connectivity index (χ1v) is 8.17. The van der Waals surface area contributed by atoms with E-state index >= 15 is 0 Å². The maximum atomic E-state index is 4.92. The minimum atomic E-state index is 1.02. The zero-order valence-corrected chi connectivity index (χ0v) is 13.4. The molecule has 0 aliphatic carbocycles. The fourth-order valence-corrected chi connectivity index (χ4v) is 3.49. The van der Waals surface area contributed by atoms with Crippen LogP contribution in [0.2, 0.25) is 0 Å². The molecule has 0 saturated heterocycles. The van der Waals surface area contributed by atoms with Crippen molar-refractivity contribution in [3.05, 3.63) is 84.4 Å². The largest absolute Gasteiger partial charge is 0.292 e. The van der Waals surface area contributed by atoms with Crippen LogP contribution in [0.1, 0.15) is 5.56 Å². The summed E-state index contributed by atoms with van der Waals surface area (Å²) in [4.78, 5) is 4.92. The van der Waals surface area contributed by atoms with E-state index in [1.807, 2.05) is 6.07 Å². The first-order valence-electron chi connectivity index (χ1n) is 8.17. The lowest BCUT2D eigenvalue weighted by atomic mass is 10.0. The van der Waals surface area contributed by atoms with Crippen LogP contribution in [0.15, 0.2) is 78.9 Å². The van der Waals surface area contributed by atoms with Gasteiger partial charge >= 0.3 is 0 Å². The number of rotatable bonds is 1. The van der Waals surface area contributed by atoms with E-state index in [0.717, 1.165) is 16.7 Å². The number of imidazole rings is 1. The third-order valence-electron chi connectivity index (χ3n) is 4.61. The van der Waals surface area contributed by atoms with Gasteiger partial charge in [-0.15, -0.1) is 0 Å². The number of pyridine rings is 1. The van der Waals surface area contributed by atoms with Crippen LogP contribution in [0, 0.1) is 6.92 Å². The van der Waals surface area contributed by atoms with Crippen LogP contribution in [0.5, 0.6) is 0 Å². The molecule has 0 aliphatic rings. The van der Waals surface area contributed by atoms with E-state index in [1.54, 1.807) is 0 Å². The second kappa shape index (κ2) is 4.93. The molecule has 3 aromatic carbocycles. The standard InChI is InChI=1S/C22H16N2/c1-15-11-12-18-17(13-15)14-21(16-7-3-2-4-8-16)24-20-10-6-5-9-19(20)23-22(18)24/h2-14H,1H3. The molecule has 0 unspecified atom stereocenters. The van der Waals surface area contributed by atoms with E-state index in [-0.39, 0.29) is 0 Å². The number of hydrogen-bond acceptors (Lipinski definition) is 1. The van der Waals surface area contributed by atoms with E-state index in [0.29, 0.717) is 0 Å². The number of benzene rings is 3. The van der Waals surface area contributed by atoms with Gasteiger partial charge in [0, 0.05) is 5.39 Å². The fourth-order valence-electron chi connectivity index (χ4n) is 3.49. The summed E-state index contributed by atoms with van der Waals surface area (Å²) in [7, 11) is 0. The molecular weight excluding hydrogens is 292 g/mol. The molecule has 0 bridgehead atoms. The zero-order chi connectivity index (χ0) is 16.1. The molecule has 0 atom stereocenters. The van der Waals surface area contributed by atoms with Crippen LogP contribution in [-0.4, -0.2) is 9.38 Å². The number of aryl methyl sites for hydroxylation is 1. The third kappa shape index (κ3) is 1.86. The molecule has 2 nitrogen and oxygen atoms in total. The second-order valence-electron chi connectivity index (χ2n) is 6.25. The van der Waals surface area contributed by atoms with Crippen molar-refractivity contribution in [3.63, 3.8) is 0 Å². The lowest BCUT2D eigenvalue weighted by Crippen LogP contribution is -1.94. The lowest BCUT2D eigenvalue weighted by molar-refractivity contribution is 1.25. The Morgan fingerprint density at radius 2 is 1.58 bits per heavy atom. The Morgan fingerprint density at radius 1 is 0.792 bits per heavy atom. The Hall–Kier alpha value is -3.13. The van der Waals surface area contributed by atoms with Crippen molar-refractivity contribution in [2.45, 2.75) is 6.92 Å². The molecule has 2 aromatic heterocycles. The molecule has 2 heteroatoms. The normalized spacial score (nSPS) is 11.5. The van der Waals surface area contributed by atoms with Gasteiger partial charge in [0.05, 0.1) is 16.7 Å². The Bertz CT molecular complexity index is 1200. The van der Waals surface area contributed by atoms with Gasteiger partial charge in [0.2, 0.25) is 0 Å². The van der Waals surface area contributed by atoms with Gasteiger partial charge in [-0.05, 0) is 36.1 Å². The number of hydrogen-bond donors (Lipinski definition) is 0. The molecule has 0 amide bonds. The highest BCUT2D eigenvalue weighted by atomic mass is 15.0. The number of fused-ring (bicyclic) bond motifs is 5. The minimum absolute atomic E-state index is 1.02. The summed E-state index contributed by atoms with van der Waals surface area (Å²) in [6.07, 6.45) is 0. The molecule has 0 aliphatic heterocycles. The molecule has 0 N–H and O–H groups in total. The van der Waals surface area contributed by atoms with Crippen LogP contribution in [0.3, 0.4) is 0 Å². The number of aromatic nitrogens is 2. The molecule has 114 valence electrons. The van der Waals surface area contributed by atoms with Crippen LogP contribution in [-0.2, 0) is 0 Å². The van der Waals surface area contributed by atoms with Gasteiger partial charge in [-0.25, -0.2) is 4.98 Å². The fraction of sp³-hybridized carbons (Fsp3) is 0.0455. The quantitative estimate of drug-likeness (QED) is 0.393. The first-order chi connectivity index (χ1) is 11.8. The van der Waals surface area contributed by atoms with E-state index in [9.17, 15) is 0 Å². The van der Waals surface area contributed by atoms with Gasteiger partial charge in [-0.3, -0.25) is 4.40 Å². The zero-order valence-electron chi connectivity index (χ0n) is 13.4. The lowest BCUT2D eigenvalue weighted by Gasteiger charge is -2.10. The highest BCUT2D eigenvalue weighted by molar-refractivity contribution is 6.01. The summed E-state index contributed by atoms with van der Waals surface area (Å²) in [6.45, 7) is 2.13. The predicted molar refractivity (Wildman–Crippen MR) is 100 cm³/mol. The summed E-state index contributed by atoms with van der Waals surface area (Å²) < 4.78 is 2.28. The van der Waals surface area contributed by atoms with Crippen LogP contribution in [0.4, 0.5) is 0 Å². The topological polar surface area (TPSA) is 17.3 Å². The van der Waals surface area contributed by atoms with Gasteiger partial charge < -0.3 is 0 Å². The summed E-state index contributed by atoms with van der Waals surface area (Å²) in [5, 5.41) is 2.42. The second-order valence-corrected chi connectivity index (χ2v) is 6.25. The molecule has 0 spiro atoms. The van der Waals surface area contributed by atoms with Gasteiger partial charge in [0.1, 0.15) is 5.65 Å². The van der Waals surface area contributed by atoms with Crippen molar-refractivity contribution in [1.82, 2.24) is 9.38 Å². The van der Waals surface area contributed by atoms with Gasteiger partial charge in [-0.2, -0.15) is 0 Å². The Balaban J connectivity index is 2.05. The highest BCUT2D eigenvalue weighted by Crippen LogP contribution is 2.32. The van der Waals surface area contributed by atoms with E-state index in [2.05, 4.69) is 84.1 Å². The van der Waals surface area contributed by atoms with Crippen molar-refractivity contribution in [1.29, 1.82) is 0 Å². The third-order valence-corrected chi connectivity index (χ3v) is 4.61. The van der Waals surface area contributed by atoms with Crippen molar-refractivity contribution >= 4 is 27.5 Å². The summed E-state index contributed by atoms with van der Waals surface area (Å²) in [5.41, 5.74) is 6.84. The first kappa shape index (κ1) is 13.3. The smallest absolute Gasteiger partial charge is 0.146 e. The molecule has 5 aromatic rings. The molecule has 2 heterocycles. The Labute approximate surface area is 140 Å². The van der Waals surface area contributed by atoms with Gasteiger partial charge in [0.15, 0.2) is 0 Å². The monoisotopic (exact) mass is 308 g/mol. The Kier molecular flexibility index (Phi) is 2.74. The highest BCUT2D eigenvalue weighted by Gasteiger charge is 2.13. The summed E-state index contributed by atoms with van der Waals surface area (Å²) in [5.74, 6) is 0. The predicted octanol–water partition coefficient (Wildman–Crippen LogP) is 5.62. The SMILES string of the molecule is Cc1ccc2c(c1)cc(-c1ccccc1)n1c3ccccc3nc21. The molecule has 0 fully saturated rings. The van der Waals surface area contributed by atoms with Crippen molar-refractivity contribution in [2.75, 3.05) is 0 Å². The van der Waals surface area contributed by atoms with E-state index < -0.39 is 0 Å². The summed E-state index contributed by atoms with van der Waals surface area (Å²) >= 11 is 0.